The predicted octanol–water partition coefficient (Wildman–Crippen LogP) is 3.22. The van der Waals surface area contributed by atoms with E-state index in [1.807, 2.05) is 0 Å². The zero-order valence-corrected chi connectivity index (χ0v) is 18.6. The molecule has 174 valence electrons. The second kappa shape index (κ2) is 9.50. The van der Waals surface area contributed by atoms with Crippen molar-refractivity contribution >= 4 is 23.1 Å². The van der Waals surface area contributed by atoms with Crippen molar-refractivity contribution in [2.75, 3.05) is 39.8 Å². The van der Waals surface area contributed by atoms with E-state index in [9.17, 15) is 14.0 Å². The number of anilines is 1. The average molecular weight is 456 g/mol. The maximum atomic E-state index is 13.5. The number of benzene rings is 2. The van der Waals surface area contributed by atoms with E-state index in [4.69, 9.17) is 18.9 Å². The highest BCUT2D eigenvalue weighted by Crippen LogP contribution is 2.41. The highest BCUT2D eigenvalue weighted by molar-refractivity contribution is 6.36. The van der Waals surface area contributed by atoms with Crippen molar-refractivity contribution in [1.29, 1.82) is 0 Å². The summed E-state index contributed by atoms with van der Waals surface area (Å²) in [4.78, 5) is 27.9. The Hall–Kier alpha value is -3.59. The highest BCUT2D eigenvalue weighted by atomic mass is 19.1. The molecule has 4 rings (SSSR count). The van der Waals surface area contributed by atoms with Gasteiger partial charge in [-0.2, -0.15) is 0 Å². The molecule has 0 aliphatic carbocycles. The number of carbonyl (C=O) groups excluding carboxylic acids is 2. The molecule has 9 heteroatoms. The number of hydrogen-bond donors (Lipinski definition) is 1. The van der Waals surface area contributed by atoms with Gasteiger partial charge in [-0.3, -0.25) is 14.5 Å². The molecule has 1 atom stereocenters. The van der Waals surface area contributed by atoms with Crippen molar-refractivity contribution in [1.82, 2.24) is 4.90 Å². The van der Waals surface area contributed by atoms with Crippen molar-refractivity contribution in [3.63, 3.8) is 0 Å². The van der Waals surface area contributed by atoms with Gasteiger partial charge in [-0.1, -0.05) is 12.1 Å². The molecule has 1 N–H and O–H groups in total. The van der Waals surface area contributed by atoms with E-state index in [-0.39, 0.29) is 23.9 Å². The number of imide groups is 1. The van der Waals surface area contributed by atoms with Crippen LogP contribution >= 0.6 is 0 Å². The first kappa shape index (κ1) is 22.6. The molecule has 1 unspecified atom stereocenters. The molecule has 2 amide bonds. The summed E-state index contributed by atoms with van der Waals surface area (Å²) in [5.74, 6) is -0.216. The number of hydrogen-bond acceptors (Lipinski definition) is 7. The first-order valence-corrected chi connectivity index (χ1v) is 10.5. The van der Waals surface area contributed by atoms with E-state index >= 15 is 0 Å². The number of ether oxygens (including phenoxy) is 4. The number of methoxy groups -OCH3 is 3. The van der Waals surface area contributed by atoms with Gasteiger partial charge in [-0.05, 0) is 30.5 Å². The molecular weight excluding hydrogens is 431 g/mol. The molecule has 2 aliphatic heterocycles. The number of rotatable bonds is 8. The molecule has 2 aromatic rings. The van der Waals surface area contributed by atoms with E-state index in [0.717, 1.165) is 12.8 Å². The molecule has 0 bridgehead atoms. The normalized spacial score (nSPS) is 18.2. The van der Waals surface area contributed by atoms with Gasteiger partial charge in [0.05, 0.1) is 39.6 Å². The third-order valence-corrected chi connectivity index (χ3v) is 5.65. The van der Waals surface area contributed by atoms with E-state index in [1.54, 1.807) is 12.1 Å². The third-order valence-electron chi connectivity index (χ3n) is 5.65. The average Bonchev–Trinajstić information content (AvgIpc) is 3.42. The van der Waals surface area contributed by atoms with Crippen molar-refractivity contribution in [3.8, 4) is 17.2 Å². The maximum Gasteiger partial charge on any atom is 0.278 e. The van der Waals surface area contributed by atoms with Crippen LogP contribution in [0.25, 0.3) is 5.57 Å². The summed E-state index contributed by atoms with van der Waals surface area (Å²) in [6.45, 7) is 0.762. The number of halogens is 1. The summed E-state index contributed by atoms with van der Waals surface area (Å²) in [5, 5.41) is 3.06. The molecule has 0 saturated carbocycles. The SMILES string of the molecule is COc1cc(NC2=C(c3ccc(F)cc3)C(=O)N(CC3CCCO3)C2=O)cc(OC)c1OC. The first-order chi connectivity index (χ1) is 16.0. The fraction of sp³-hybridized carbons (Fsp3) is 0.333. The minimum atomic E-state index is -0.483. The Labute approximate surface area is 190 Å². The third kappa shape index (κ3) is 4.36. The molecule has 2 aliphatic rings. The Morgan fingerprint density at radius 2 is 1.70 bits per heavy atom. The summed E-state index contributed by atoms with van der Waals surface area (Å²) >= 11 is 0. The Balaban J connectivity index is 1.75. The van der Waals surface area contributed by atoms with Crippen LogP contribution in [0.5, 0.6) is 17.2 Å². The molecular formula is C24H25FN2O6. The van der Waals surface area contributed by atoms with Crippen molar-refractivity contribution in [3.05, 3.63) is 53.5 Å². The molecule has 33 heavy (non-hydrogen) atoms. The highest BCUT2D eigenvalue weighted by Gasteiger charge is 2.41. The molecule has 0 radical (unpaired) electrons. The summed E-state index contributed by atoms with van der Waals surface area (Å²) in [6.07, 6.45) is 1.46. The quantitative estimate of drug-likeness (QED) is 0.611. The Kier molecular flexibility index (Phi) is 6.50. The fourth-order valence-corrected chi connectivity index (χ4v) is 4.03. The second-order valence-electron chi connectivity index (χ2n) is 7.65. The van der Waals surface area contributed by atoms with Crippen molar-refractivity contribution < 1.29 is 32.9 Å². The van der Waals surface area contributed by atoms with Gasteiger partial charge in [0.15, 0.2) is 11.5 Å². The zero-order chi connectivity index (χ0) is 23.5. The van der Waals surface area contributed by atoms with Gasteiger partial charge in [-0.15, -0.1) is 0 Å². The smallest absolute Gasteiger partial charge is 0.278 e. The van der Waals surface area contributed by atoms with Gasteiger partial charge < -0.3 is 24.3 Å². The Morgan fingerprint density at radius 1 is 1.03 bits per heavy atom. The van der Waals surface area contributed by atoms with Crippen LogP contribution in [0.15, 0.2) is 42.1 Å². The predicted molar refractivity (Wildman–Crippen MR) is 119 cm³/mol. The zero-order valence-electron chi connectivity index (χ0n) is 18.6. The van der Waals surface area contributed by atoms with Crippen LogP contribution in [0.4, 0.5) is 10.1 Å². The first-order valence-electron chi connectivity index (χ1n) is 10.5. The van der Waals surface area contributed by atoms with Crippen LogP contribution < -0.4 is 19.5 Å². The van der Waals surface area contributed by atoms with Gasteiger partial charge in [0, 0.05) is 24.4 Å². The van der Waals surface area contributed by atoms with E-state index in [0.29, 0.717) is 35.1 Å². The molecule has 8 nitrogen and oxygen atoms in total. The van der Waals surface area contributed by atoms with Crippen LogP contribution in [0, 0.1) is 5.82 Å². The number of amides is 2. The summed E-state index contributed by atoms with van der Waals surface area (Å²) in [5.41, 5.74) is 1.13. The largest absolute Gasteiger partial charge is 0.493 e. The van der Waals surface area contributed by atoms with Gasteiger partial charge in [0.2, 0.25) is 5.75 Å². The van der Waals surface area contributed by atoms with E-state index in [2.05, 4.69) is 5.32 Å². The summed E-state index contributed by atoms with van der Waals surface area (Å²) in [6, 6.07) is 8.72. The van der Waals surface area contributed by atoms with Gasteiger partial charge in [0.25, 0.3) is 11.8 Å². The minimum Gasteiger partial charge on any atom is -0.493 e. The van der Waals surface area contributed by atoms with Gasteiger partial charge >= 0.3 is 0 Å². The molecule has 0 aromatic heterocycles. The topological polar surface area (TPSA) is 86.3 Å². The van der Waals surface area contributed by atoms with Gasteiger partial charge in [-0.25, -0.2) is 4.39 Å². The second-order valence-corrected chi connectivity index (χ2v) is 7.65. The standard InChI is InChI=1S/C24H25FN2O6/c1-30-18-11-16(12-19(31-2)22(18)32-3)26-21-20(14-6-8-15(25)9-7-14)23(28)27(24(21)29)13-17-5-4-10-33-17/h6-9,11-12,17,26H,4-5,10,13H2,1-3H3. The van der Waals surface area contributed by atoms with Crippen LogP contribution in [0.3, 0.4) is 0 Å². The lowest BCUT2D eigenvalue weighted by molar-refractivity contribution is -0.138. The number of nitrogens with one attached hydrogen (secondary N) is 1. The molecule has 1 fully saturated rings. The Morgan fingerprint density at radius 3 is 2.24 bits per heavy atom. The van der Waals surface area contributed by atoms with Crippen LogP contribution in [0.2, 0.25) is 0 Å². The van der Waals surface area contributed by atoms with Crippen LogP contribution in [0.1, 0.15) is 18.4 Å². The lowest BCUT2D eigenvalue weighted by Crippen LogP contribution is -2.38. The Bertz CT molecular complexity index is 1070. The molecule has 0 spiro atoms. The lowest BCUT2D eigenvalue weighted by atomic mass is 10.0. The van der Waals surface area contributed by atoms with E-state index in [1.165, 1.54) is 50.5 Å². The van der Waals surface area contributed by atoms with Crippen LogP contribution in [-0.2, 0) is 14.3 Å². The molecule has 2 aromatic carbocycles. The number of carbonyl (C=O) groups is 2. The van der Waals surface area contributed by atoms with Crippen LogP contribution in [-0.4, -0.2) is 57.3 Å². The fourth-order valence-electron chi connectivity index (χ4n) is 4.03. The lowest BCUT2D eigenvalue weighted by Gasteiger charge is -2.19. The monoisotopic (exact) mass is 456 g/mol. The van der Waals surface area contributed by atoms with Gasteiger partial charge in [0.1, 0.15) is 11.5 Å². The summed E-state index contributed by atoms with van der Waals surface area (Å²) in [7, 11) is 4.46. The number of nitrogens with zero attached hydrogens (tertiary/aromatic N) is 1. The minimum absolute atomic E-state index is 0.0823. The molecule has 2 heterocycles. The maximum absolute atomic E-state index is 13.5. The van der Waals surface area contributed by atoms with Crippen molar-refractivity contribution in [2.45, 2.75) is 18.9 Å². The summed E-state index contributed by atoms with van der Waals surface area (Å²) < 4.78 is 35.3. The molecule has 1 saturated heterocycles. The van der Waals surface area contributed by atoms with Crippen molar-refractivity contribution in [2.24, 2.45) is 0 Å². The van der Waals surface area contributed by atoms with E-state index < -0.39 is 17.6 Å².